The van der Waals surface area contributed by atoms with E-state index in [2.05, 4.69) is 11.8 Å². The normalized spacial score (nSPS) is 21.1. The average molecular weight is 645 g/mol. The number of hydrogen-bond acceptors (Lipinski definition) is 7. The maximum Gasteiger partial charge on any atom is 0.337 e. The molecule has 4 aromatic rings. The third-order valence-electron chi connectivity index (χ3n) is 9.06. The molecule has 250 valence electrons. The molecule has 0 radical (unpaired) electrons. The van der Waals surface area contributed by atoms with Gasteiger partial charge in [0.25, 0.3) is 0 Å². The van der Waals surface area contributed by atoms with E-state index in [1.807, 2.05) is 77.9 Å². The molecule has 1 saturated heterocycles. The fourth-order valence-electron chi connectivity index (χ4n) is 6.67. The van der Waals surface area contributed by atoms with Gasteiger partial charge in [-0.15, -0.1) is 0 Å². The van der Waals surface area contributed by atoms with Crippen LogP contribution in [0.3, 0.4) is 0 Å². The van der Waals surface area contributed by atoms with Crippen LogP contribution in [0.5, 0.6) is 5.75 Å². The van der Waals surface area contributed by atoms with E-state index < -0.39 is 17.7 Å². The number of aromatic nitrogens is 3. The fourth-order valence-corrected chi connectivity index (χ4v) is 6.67. The van der Waals surface area contributed by atoms with Crippen molar-refractivity contribution in [2.24, 2.45) is 0 Å². The van der Waals surface area contributed by atoms with Crippen molar-refractivity contribution in [3.8, 4) is 28.1 Å². The quantitative estimate of drug-likeness (QED) is 0.242. The Bertz CT molecular complexity index is 1800. The number of carbonyl (C=O) groups is 1. The van der Waals surface area contributed by atoms with Crippen LogP contribution in [0.25, 0.3) is 28.0 Å². The van der Waals surface area contributed by atoms with Gasteiger partial charge in [0.15, 0.2) is 11.8 Å². The van der Waals surface area contributed by atoms with Gasteiger partial charge in [-0.1, -0.05) is 18.2 Å². The first-order chi connectivity index (χ1) is 22.2. The van der Waals surface area contributed by atoms with Crippen molar-refractivity contribution in [3.05, 3.63) is 65.1 Å². The Hall–Kier alpha value is -4.02. The molecule has 0 unspecified atom stereocenters. The number of ether oxygens (including phenoxy) is 3. The van der Waals surface area contributed by atoms with E-state index in [-0.39, 0.29) is 17.5 Å². The standard InChI is InChI=1S/C37H45FN4O5/c1-22-18-27(38)32-26-12-8-11-25(20-26)28-21-30-39-24(3)31(33(35(43)44)47-36(4,5)6)34(42(30)40-28)41-15-13-37(7,14-16-41)45-17-9-10-23(2)46-29(32)19-22/h8,11-12,18-21,23,33H,9-10,13-17H2,1-7H3,(H,43,44)/t23-,33-/m0/s1. The summed E-state index contributed by atoms with van der Waals surface area (Å²) in [5.41, 5.74) is 3.84. The summed E-state index contributed by atoms with van der Waals surface area (Å²) in [5.74, 6) is -0.287. The molecule has 6 bridgehead atoms. The van der Waals surface area contributed by atoms with Crippen LogP contribution >= 0.6 is 0 Å². The van der Waals surface area contributed by atoms with Crippen LogP contribution in [0.2, 0.25) is 0 Å². The molecule has 47 heavy (non-hydrogen) atoms. The number of fused-ring (bicyclic) bond motifs is 7. The highest BCUT2D eigenvalue weighted by atomic mass is 19.1. The Balaban J connectivity index is 1.56. The number of rotatable bonds is 3. The number of aliphatic carboxylic acids is 1. The maximum absolute atomic E-state index is 15.7. The average Bonchev–Trinajstić information content (AvgIpc) is 3.41. The number of benzene rings is 2. The highest BCUT2D eigenvalue weighted by Gasteiger charge is 2.38. The van der Waals surface area contributed by atoms with Crippen LogP contribution in [0.15, 0.2) is 42.5 Å². The number of carboxylic acid groups (broad SMARTS) is 1. The predicted octanol–water partition coefficient (Wildman–Crippen LogP) is 7.70. The molecule has 10 heteroatoms. The number of aryl methyl sites for hydroxylation is 2. The van der Waals surface area contributed by atoms with Crippen LogP contribution in [0.1, 0.15) is 83.2 Å². The molecule has 0 aliphatic carbocycles. The monoisotopic (exact) mass is 644 g/mol. The molecule has 2 aromatic heterocycles. The summed E-state index contributed by atoms with van der Waals surface area (Å²) in [6.07, 6.45) is 1.67. The van der Waals surface area contributed by atoms with Crippen LogP contribution in [0.4, 0.5) is 10.2 Å². The van der Waals surface area contributed by atoms with Gasteiger partial charge in [0, 0.05) is 37.0 Å². The van der Waals surface area contributed by atoms with Crippen molar-refractivity contribution < 1.29 is 28.5 Å². The van der Waals surface area contributed by atoms with Gasteiger partial charge >= 0.3 is 5.97 Å². The lowest BCUT2D eigenvalue weighted by Crippen LogP contribution is -2.46. The molecular weight excluding hydrogens is 599 g/mol. The predicted molar refractivity (Wildman–Crippen MR) is 180 cm³/mol. The van der Waals surface area contributed by atoms with Gasteiger partial charge in [0.1, 0.15) is 17.4 Å². The van der Waals surface area contributed by atoms with E-state index in [0.717, 1.165) is 36.8 Å². The van der Waals surface area contributed by atoms with Gasteiger partial charge in [0.2, 0.25) is 0 Å². The molecule has 0 amide bonds. The topological polar surface area (TPSA) is 98.4 Å². The van der Waals surface area contributed by atoms with Crippen molar-refractivity contribution in [2.45, 2.75) is 97.6 Å². The smallest absolute Gasteiger partial charge is 0.337 e. The number of hydrogen-bond donors (Lipinski definition) is 1. The lowest BCUT2D eigenvalue weighted by Gasteiger charge is -2.41. The molecule has 9 nitrogen and oxygen atoms in total. The Kier molecular flexibility index (Phi) is 8.78. The maximum atomic E-state index is 15.7. The van der Waals surface area contributed by atoms with E-state index in [1.54, 1.807) is 4.52 Å². The summed E-state index contributed by atoms with van der Waals surface area (Å²) >= 11 is 0. The van der Waals surface area contributed by atoms with Crippen molar-refractivity contribution in [1.29, 1.82) is 0 Å². The van der Waals surface area contributed by atoms with E-state index in [1.165, 1.54) is 6.07 Å². The molecule has 3 aliphatic rings. The molecule has 7 rings (SSSR count). The Morgan fingerprint density at radius 1 is 1.13 bits per heavy atom. The number of anilines is 1. The van der Waals surface area contributed by atoms with Crippen LogP contribution < -0.4 is 9.64 Å². The third kappa shape index (κ3) is 6.85. The lowest BCUT2D eigenvalue weighted by molar-refractivity contribution is -0.160. The Morgan fingerprint density at radius 3 is 2.55 bits per heavy atom. The van der Waals surface area contributed by atoms with Crippen molar-refractivity contribution in [3.63, 3.8) is 0 Å². The highest BCUT2D eigenvalue weighted by molar-refractivity contribution is 5.80. The van der Waals surface area contributed by atoms with Gasteiger partial charge in [0.05, 0.1) is 34.1 Å². The summed E-state index contributed by atoms with van der Waals surface area (Å²) in [5, 5.41) is 15.5. The van der Waals surface area contributed by atoms with Gasteiger partial charge in [-0.05, 0) is 103 Å². The summed E-state index contributed by atoms with van der Waals surface area (Å²) in [4.78, 5) is 19.8. The zero-order chi connectivity index (χ0) is 33.7. The minimum atomic E-state index is -1.26. The molecule has 2 aromatic carbocycles. The van der Waals surface area contributed by atoms with E-state index in [9.17, 15) is 9.90 Å². The van der Waals surface area contributed by atoms with Gasteiger partial charge in [-0.25, -0.2) is 14.2 Å². The number of carboxylic acids is 1. The zero-order valence-corrected chi connectivity index (χ0v) is 28.4. The second-order valence-corrected chi connectivity index (χ2v) is 14.2. The Morgan fingerprint density at radius 2 is 1.85 bits per heavy atom. The number of piperidine rings is 1. The van der Waals surface area contributed by atoms with Gasteiger partial charge in [-0.2, -0.15) is 9.61 Å². The first kappa shape index (κ1) is 32.9. The van der Waals surface area contributed by atoms with Gasteiger partial charge in [-0.3, -0.25) is 0 Å². The second-order valence-electron chi connectivity index (χ2n) is 14.2. The molecule has 0 spiro atoms. The molecule has 5 heterocycles. The molecular formula is C37H45FN4O5. The van der Waals surface area contributed by atoms with Crippen molar-refractivity contribution >= 4 is 17.4 Å². The lowest BCUT2D eigenvalue weighted by atomic mass is 9.92. The fraction of sp³-hybridized carbons (Fsp3) is 0.486. The second kappa shape index (κ2) is 12.5. The third-order valence-corrected chi connectivity index (χ3v) is 9.06. The van der Waals surface area contributed by atoms with Gasteiger partial charge < -0.3 is 24.2 Å². The Labute approximate surface area is 275 Å². The molecule has 1 N–H and O–H groups in total. The highest BCUT2D eigenvalue weighted by Crippen LogP contribution is 2.40. The minimum absolute atomic E-state index is 0.140. The van der Waals surface area contributed by atoms with Crippen LogP contribution in [-0.2, 0) is 14.3 Å². The number of halogens is 1. The van der Waals surface area contributed by atoms with E-state index in [4.69, 9.17) is 24.3 Å². The zero-order valence-electron chi connectivity index (χ0n) is 28.4. The van der Waals surface area contributed by atoms with Crippen LogP contribution in [0, 0.1) is 19.7 Å². The summed E-state index contributed by atoms with van der Waals surface area (Å²) in [7, 11) is 0. The van der Waals surface area contributed by atoms with Crippen molar-refractivity contribution in [2.75, 3.05) is 24.6 Å². The summed E-state index contributed by atoms with van der Waals surface area (Å²) < 4.78 is 36.5. The summed E-state index contributed by atoms with van der Waals surface area (Å²) in [6.45, 7) is 15.2. The summed E-state index contributed by atoms with van der Waals surface area (Å²) in [6, 6.07) is 12.9. The number of nitrogens with zero attached hydrogens (tertiary/aromatic N) is 4. The molecule has 2 atom stereocenters. The first-order valence-electron chi connectivity index (χ1n) is 16.5. The molecule has 3 aliphatic heterocycles. The molecule has 1 fully saturated rings. The van der Waals surface area contributed by atoms with Crippen LogP contribution in [-0.4, -0.2) is 62.7 Å². The first-order valence-corrected chi connectivity index (χ1v) is 16.5. The van der Waals surface area contributed by atoms with E-state index in [0.29, 0.717) is 65.0 Å². The van der Waals surface area contributed by atoms with Crippen molar-refractivity contribution in [1.82, 2.24) is 14.6 Å². The largest absolute Gasteiger partial charge is 0.490 e. The van der Waals surface area contributed by atoms with E-state index >= 15 is 4.39 Å². The minimum Gasteiger partial charge on any atom is -0.490 e. The SMILES string of the molecule is Cc1cc(F)c2c(c1)O[C@@H](C)CCCOC1(C)CCN(CC1)c1c([C@H](OC(C)(C)C)C(=O)O)c(C)nc3cc(nn13)-c1cccc-2c1. The molecule has 0 saturated carbocycles.